The molecule has 1 aliphatic heterocycles. The zero-order valence-corrected chi connectivity index (χ0v) is 9.12. The lowest BCUT2D eigenvalue weighted by atomic mass is 10.1. The van der Waals surface area contributed by atoms with Crippen molar-refractivity contribution in [3.05, 3.63) is 29.3 Å². The first-order valence-electron chi connectivity index (χ1n) is 5.23. The van der Waals surface area contributed by atoms with E-state index in [-0.39, 0.29) is 5.91 Å². The third-order valence-corrected chi connectivity index (χ3v) is 2.53. The van der Waals surface area contributed by atoms with Crippen LogP contribution in [-0.2, 0) is 6.54 Å². The quantitative estimate of drug-likeness (QED) is 0.756. The van der Waals surface area contributed by atoms with Gasteiger partial charge in [0.1, 0.15) is 5.75 Å². The van der Waals surface area contributed by atoms with E-state index in [1.165, 1.54) is 0 Å². The molecule has 1 heterocycles. The second kappa shape index (κ2) is 3.93. The van der Waals surface area contributed by atoms with E-state index < -0.39 is 0 Å². The summed E-state index contributed by atoms with van der Waals surface area (Å²) in [6.45, 7) is 3.49. The molecule has 15 heavy (non-hydrogen) atoms. The number of carbonyl (C=O) groups excluding carboxylic acids is 1. The van der Waals surface area contributed by atoms with E-state index in [9.17, 15) is 4.79 Å². The fourth-order valence-corrected chi connectivity index (χ4v) is 1.75. The number of rotatable bonds is 3. The van der Waals surface area contributed by atoms with E-state index in [1.54, 1.807) is 4.90 Å². The van der Waals surface area contributed by atoms with Crippen molar-refractivity contribution >= 4 is 5.91 Å². The van der Waals surface area contributed by atoms with Gasteiger partial charge in [0, 0.05) is 19.2 Å². The highest BCUT2D eigenvalue weighted by Crippen LogP contribution is 2.25. The highest BCUT2D eigenvalue weighted by Gasteiger charge is 2.24. The smallest absolute Gasteiger partial charge is 0.254 e. The molecule has 80 valence electrons. The molecule has 0 bridgehead atoms. The van der Waals surface area contributed by atoms with Crippen LogP contribution in [0, 0.1) is 0 Å². The molecule has 0 radical (unpaired) electrons. The third kappa shape index (κ3) is 1.82. The van der Waals surface area contributed by atoms with Crippen LogP contribution in [0.15, 0.2) is 18.2 Å². The highest BCUT2D eigenvalue weighted by atomic mass is 16.5. The van der Waals surface area contributed by atoms with Crippen LogP contribution in [0.25, 0.3) is 0 Å². The number of fused-ring (bicyclic) bond motifs is 1. The molecule has 0 N–H and O–H groups in total. The summed E-state index contributed by atoms with van der Waals surface area (Å²) in [6, 6.07) is 5.68. The van der Waals surface area contributed by atoms with E-state index in [0.717, 1.165) is 29.9 Å². The van der Waals surface area contributed by atoms with Gasteiger partial charge in [-0.3, -0.25) is 4.79 Å². The van der Waals surface area contributed by atoms with Crippen molar-refractivity contribution < 1.29 is 9.53 Å². The summed E-state index contributed by atoms with van der Waals surface area (Å²) in [5.74, 6) is 0.964. The fourth-order valence-electron chi connectivity index (χ4n) is 1.75. The number of benzene rings is 1. The normalized spacial score (nSPS) is 14.3. The maximum atomic E-state index is 11.6. The van der Waals surface area contributed by atoms with Gasteiger partial charge in [-0.2, -0.15) is 0 Å². The summed E-state index contributed by atoms with van der Waals surface area (Å²) in [5.41, 5.74) is 1.87. The first-order valence-corrected chi connectivity index (χ1v) is 5.23. The average Bonchev–Trinajstić information content (AvgIpc) is 2.52. The van der Waals surface area contributed by atoms with Crippen LogP contribution in [-0.4, -0.2) is 24.5 Å². The van der Waals surface area contributed by atoms with Crippen molar-refractivity contribution in [3.63, 3.8) is 0 Å². The van der Waals surface area contributed by atoms with Gasteiger partial charge in [0.15, 0.2) is 0 Å². The molecule has 0 aliphatic carbocycles. The molecule has 0 spiro atoms. The Morgan fingerprint density at radius 2 is 2.27 bits per heavy atom. The molecule has 3 nitrogen and oxygen atoms in total. The van der Waals surface area contributed by atoms with Crippen molar-refractivity contribution in [1.29, 1.82) is 0 Å². The standard InChI is InChI=1S/C12H15NO2/c1-3-6-15-10-4-5-11-9(7-10)8-13(2)12(11)14/h4-5,7H,3,6,8H2,1-2H3. The molecule has 0 atom stereocenters. The predicted octanol–water partition coefficient (Wildman–Crippen LogP) is 2.06. The minimum Gasteiger partial charge on any atom is -0.494 e. The Morgan fingerprint density at radius 3 is 3.00 bits per heavy atom. The number of carbonyl (C=O) groups is 1. The number of amides is 1. The van der Waals surface area contributed by atoms with Gasteiger partial charge in [-0.05, 0) is 30.2 Å². The lowest BCUT2D eigenvalue weighted by molar-refractivity contribution is 0.0816. The first kappa shape index (κ1) is 10.0. The number of ether oxygens (including phenoxy) is 1. The molecule has 1 amide bonds. The fraction of sp³-hybridized carbons (Fsp3) is 0.417. The molecule has 0 aromatic heterocycles. The molecule has 0 fully saturated rings. The summed E-state index contributed by atoms with van der Waals surface area (Å²) in [5, 5.41) is 0. The van der Waals surface area contributed by atoms with E-state index in [1.807, 2.05) is 25.2 Å². The lowest BCUT2D eigenvalue weighted by Gasteiger charge is -2.05. The van der Waals surface area contributed by atoms with Crippen molar-refractivity contribution in [2.24, 2.45) is 0 Å². The van der Waals surface area contributed by atoms with E-state index >= 15 is 0 Å². The van der Waals surface area contributed by atoms with Crippen LogP contribution >= 0.6 is 0 Å². The largest absolute Gasteiger partial charge is 0.494 e. The van der Waals surface area contributed by atoms with Gasteiger partial charge in [-0.15, -0.1) is 0 Å². The predicted molar refractivity (Wildman–Crippen MR) is 58.0 cm³/mol. The topological polar surface area (TPSA) is 29.5 Å². The van der Waals surface area contributed by atoms with Crippen LogP contribution in [0.3, 0.4) is 0 Å². The molecule has 1 aromatic rings. The van der Waals surface area contributed by atoms with Gasteiger partial charge in [0.2, 0.25) is 0 Å². The lowest BCUT2D eigenvalue weighted by Crippen LogP contribution is -2.17. The van der Waals surface area contributed by atoms with Crippen LogP contribution in [0.1, 0.15) is 29.3 Å². The van der Waals surface area contributed by atoms with Crippen molar-refractivity contribution in [2.75, 3.05) is 13.7 Å². The Labute approximate surface area is 89.7 Å². The molecular formula is C12H15NO2. The van der Waals surface area contributed by atoms with Crippen molar-refractivity contribution in [3.8, 4) is 5.75 Å². The van der Waals surface area contributed by atoms with Gasteiger partial charge < -0.3 is 9.64 Å². The summed E-state index contributed by atoms with van der Waals surface area (Å²) < 4.78 is 5.52. The van der Waals surface area contributed by atoms with Crippen LogP contribution < -0.4 is 4.74 Å². The summed E-state index contributed by atoms with van der Waals surface area (Å²) in [7, 11) is 1.81. The first-order chi connectivity index (χ1) is 7.22. The van der Waals surface area contributed by atoms with E-state index in [2.05, 4.69) is 6.92 Å². The van der Waals surface area contributed by atoms with Gasteiger partial charge in [0.05, 0.1) is 6.61 Å². The summed E-state index contributed by atoms with van der Waals surface area (Å²) in [4.78, 5) is 13.3. The Bertz CT molecular complexity index is 387. The van der Waals surface area contributed by atoms with Crippen LogP contribution in [0.2, 0.25) is 0 Å². The second-order valence-corrected chi connectivity index (χ2v) is 3.83. The monoisotopic (exact) mass is 205 g/mol. The zero-order valence-electron chi connectivity index (χ0n) is 9.12. The molecular weight excluding hydrogens is 190 g/mol. The average molecular weight is 205 g/mol. The molecule has 2 rings (SSSR count). The number of hydrogen-bond donors (Lipinski definition) is 0. The molecule has 1 aromatic carbocycles. The Kier molecular flexibility index (Phi) is 2.62. The van der Waals surface area contributed by atoms with Gasteiger partial charge in [-0.1, -0.05) is 6.92 Å². The third-order valence-electron chi connectivity index (χ3n) is 2.53. The van der Waals surface area contributed by atoms with Gasteiger partial charge in [-0.25, -0.2) is 0 Å². The van der Waals surface area contributed by atoms with E-state index in [0.29, 0.717) is 6.54 Å². The molecule has 0 unspecified atom stereocenters. The van der Waals surface area contributed by atoms with Crippen molar-refractivity contribution in [1.82, 2.24) is 4.90 Å². The maximum absolute atomic E-state index is 11.6. The Balaban J connectivity index is 2.22. The minimum atomic E-state index is 0.104. The summed E-state index contributed by atoms with van der Waals surface area (Å²) >= 11 is 0. The Hall–Kier alpha value is -1.51. The van der Waals surface area contributed by atoms with Gasteiger partial charge in [0.25, 0.3) is 5.91 Å². The minimum absolute atomic E-state index is 0.104. The van der Waals surface area contributed by atoms with Crippen LogP contribution in [0.5, 0.6) is 5.75 Å². The summed E-state index contributed by atoms with van der Waals surface area (Å²) in [6.07, 6.45) is 0.996. The van der Waals surface area contributed by atoms with Crippen LogP contribution in [0.4, 0.5) is 0 Å². The van der Waals surface area contributed by atoms with Gasteiger partial charge >= 0.3 is 0 Å². The molecule has 3 heteroatoms. The molecule has 0 saturated heterocycles. The number of nitrogens with zero attached hydrogens (tertiary/aromatic N) is 1. The zero-order chi connectivity index (χ0) is 10.8. The highest BCUT2D eigenvalue weighted by molar-refractivity contribution is 5.98. The Morgan fingerprint density at radius 1 is 1.47 bits per heavy atom. The molecule has 1 aliphatic rings. The van der Waals surface area contributed by atoms with E-state index in [4.69, 9.17) is 4.74 Å². The maximum Gasteiger partial charge on any atom is 0.254 e. The molecule has 0 saturated carbocycles. The SMILES string of the molecule is CCCOc1ccc2c(c1)CN(C)C2=O. The second-order valence-electron chi connectivity index (χ2n) is 3.83. The van der Waals surface area contributed by atoms with Crippen molar-refractivity contribution in [2.45, 2.75) is 19.9 Å². The number of hydrogen-bond acceptors (Lipinski definition) is 2.